The second-order valence-electron chi connectivity index (χ2n) is 7.58. The van der Waals surface area contributed by atoms with E-state index in [-0.39, 0.29) is 17.8 Å². The fourth-order valence-electron chi connectivity index (χ4n) is 3.96. The molecular formula is C21H25NO4S. The van der Waals surface area contributed by atoms with Gasteiger partial charge in [0.1, 0.15) is 5.00 Å². The van der Waals surface area contributed by atoms with Gasteiger partial charge in [0.15, 0.2) is 5.76 Å². The highest BCUT2D eigenvalue weighted by Crippen LogP contribution is 2.40. The van der Waals surface area contributed by atoms with Crippen LogP contribution in [0.2, 0.25) is 0 Å². The van der Waals surface area contributed by atoms with Crippen molar-refractivity contribution in [1.29, 1.82) is 0 Å². The number of ether oxygens (including phenoxy) is 1. The topological polar surface area (TPSA) is 68.5 Å². The Bertz CT molecular complexity index is 818. The average Bonchev–Trinajstić information content (AvgIpc) is 3.39. The molecule has 0 aromatic carbocycles. The summed E-state index contributed by atoms with van der Waals surface area (Å²) in [7, 11) is 0. The molecule has 6 heteroatoms. The Balaban J connectivity index is 1.55. The third kappa shape index (κ3) is 4.01. The number of hydrogen-bond acceptors (Lipinski definition) is 5. The average molecular weight is 388 g/mol. The Morgan fingerprint density at radius 1 is 1.33 bits per heavy atom. The summed E-state index contributed by atoms with van der Waals surface area (Å²) >= 11 is 1.55. The molecule has 144 valence electrons. The highest BCUT2D eigenvalue weighted by Gasteiger charge is 2.30. The molecule has 4 rings (SSSR count). The summed E-state index contributed by atoms with van der Waals surface area (Å²) < 4.78 is 10.9. The first kappa shape index (κ1) is 18.4. The summed E-state index contributed by atoms with van der Waals surface area (Å²) in [5.41, 5.74) is 1.72. The zero-order valence-electron chi connectivity index (χ0n) is 15.6. The fourth-order valence-corrected chi connectivity index (χ4v) is 5.39. The van der Waals surface area contributed by atoms with E-state index in [4.69, 9.17) is 9.15 Å². The minimum atomic E-state index is -0.138. The lowest BCUT2D eigenvalue weighted by Crippen LogP contribution is -2.17. The van der Waals surface area contributed by atoms with E-state index in [1.54, 1.807) is 23.5 Å². The van der Waals surface area contributed by atoms with Gasteiger partial charge in [-0.25, -0.2) is 0 Å². The second-order valence-corrected chi connectivity index (χ2v) is 8.69. The van der Waals surface area contributed by atoms with Crippen LogP contribution in [-0.4, -0.2) is 24.4 Å². The van der Waals surface area contributed by atoms with Gasteiger partial charge in [-0.15, -0.1) is 11.3 Å². The molecule has 0 bridgehead atoms. The highest BCUT2D eigenvalue weighted by atomic mass is 32.1. The van der Waals surface area contributed by atoms with Crippen molar-refractivity contribution >= 4 is 28.0 Å². The van der Waals surface area contributed by atoms with Crippen LogP contribution in [0, 0.1) is 5.92 Å². The van der Waals surface area contributed by atoms with Crippen LogP contribution in [-0.2, 0) is 22.4 Å². The van der Waals surface area contributed by atoms with E-state index < -0.39 is 0 Å². The van der Waals surface area contributed by atoms with Crippen LogP contribution in [0.4, 0.5) is 5.00 Å². The molecule has 0 radical (unpaired) electrons. The number of anilines is 1. The van der Waals surface area contributed by atoms with Crippen molar-refractivity contribution in [3.8, 4) is 0 Å². The van der Waals surface area contributed by atoms with E-state index >= 15 is 0 Å². The van der Waals surface area contributed by atoms with Crippen molar-refractivity contribution in [2.45, 2.75) is 58.0 Å². The largest absolute Gasteiger partial charge is 0.461 e. The number of hydrogen-bond donors (Lipinski definition) is 1. The molecule has 27 heavy (non-hydrogen) atoms. The van der Waals surface area contributed by atoms with Gasteiger partial charge < -0.3 is 14.5 Å². The molecule has 2 unspecified atom stereocenters. The van der Waals surface area contributed by atoms with Crippen molar-refractivity contribution < 1.29 is 18.7 Å². The van der Waals surface area contributed by atoms with Crippen LogP contribution in [0.1, 0.15) is 65.6 Å². The van der Waals surface area contributed by atoms with Gasteiger partial charge in [0.2, 0.25) is 11.7 Å². The summed E-state index contributed by atoms with van der Waals surface area (Å²) in [5.74, 6) is 0.738. The Morgan fingerprint density at radius 3 is 2.96 bits per heavy atom. The van der Waals surface area contributed by atoms with Gasteiger partial charge in [0.25, 0.3) is 0 Å². The van der Waals surface area contributed by atoms with Crippen molar-refractivity contribution in [3.63, 3.8) is 0 Å². The lowest BCUT2D eigenvalue weighted by molar-refractivity contribution is -0.116. The predicted molar refractivity (Wildman–Crippen MR) is 104 cm³/mol. The van der Waals surface area contributed by atoms with Gasteiger partial charge in [-0.05, 0) is 62.1 Å². The van der Waals surface area contributed by atoms with E-state index in [2.05, 4.69) is 12.2 Å². The van der Waals surface area contributed by atoms with Gasteiger partial charge in [0.05, 0.1) is 17.9 Å². The van der Waals surface area contributed by atoms with Crippen molar-refractivity contribution in [2.75, 3.05) is 11.9 Å². The number of amides is 1. The molecular weight excluding hydrogens is 362 g/mol. The van der Waals surface area contributed by atoms with Crippen LogP contribution < -0.4 is 5.32 Å². The number of rotatable bonds is 6. The lowest BCUT2D eigenvalue weighted by atomic mass is 9.87. The maximum Gasteiger partial charge on any atom is 0.231 e. The van der Waals surface area contributed by atoms with E-state index in [0.717, 1.165) is 50.7 Å². The van der Waals surface area contributed by atoms with Crippen molar-refractivity contribution in [2.24, 2.45) is 5.92 Å². The number of nitrogens with one attached hydrogen (secondary N) is 1. The number of furan rings is 1. The van der Waals surface area contributed by atoms with E-state index in [1.165, 1.54) is 11.1 Å². The molecule has 1 amide bonds. The zero-order chi connectivity index (χ0) is 18.8. The molecule has 1 fully saturated rings. The Labute approximate surface area is 163 Å². The lowest BCUT2D eigenvalue weighted by Gasteiger charge is -2.18. The predicted octanol–water partition coefficient (Wildman–Crippen LogP) is 4.59. The number of ketones is 1. The van der Waals surface area contributed by atoms with Crippen LogP contribution >= 0.6 is 11.3 Å². The van der Waals surface area contributed by atoms with E-state index in [9.17, 15) is 9.59 Å². The van der Waals surface area contributed by atoms with Crippen LogP contribution in [0.3, 0.4) is 0 Å². The standard InChI is InChI=1S/C21H25NO4S/c1-13-6-8-15-17(12-13)27-21(19(15)20(24)16-5-3-11-26-16)22-18(23)9-7-14-4-2-10-25-14/h3,5,11,13-14H,2,4,6-10,12H2,1H3,(H,22,23). The van der Waals surface area contributed by atoms with Crippen molar-refractivity contribution in [1.82, 2.24) is 0 Å². The van der Waals surface area contributed by atoms with Gasteiger partial charge >= 0.3 is 0 Å². The summed E-state index contributed by atoms with van der Waals surface area (Å²) in [6.45, 7) is 3.03. The molecule has 2 atom stereocenters. The number of carbonyl (C=O) groups is 2. The molecule has 1 saturated heterocycles. The first-order chi connectivity index (χ1) is 13.1. The third-order valence-corrected chi connectivity index (χ3v) is 6.62. The van der Waals surface area contributed by atoms with E-state index in [0.29, 0.717) is 28.7 Å². The summed E-state index contributed by atoms with van der Waals surface area (Å²) in [6.07, 6.45) is 7.85. The van der Waals surface area contributed by atoms with Gasteiger partial charge in [-0.3, -0.25) is 9.59 Å². The summed E-state index contributed by atoms with van der Waals surface area (Å²) in [5, 5.41) is 3.68. The summed E-state index contributed by atoms with van der Waals surface area (Å²) in [6, 6.07) is 3.40. The zero-order valence-corrected chi connectivity index (χ0v) is 16.4. The number of thiophene rings is 1. The first-order valence-electron chi connectivity index (χ1n) is 9.76. The molecule has 1 aliphatic heterocycles. The third-order valence-electron chi connectivity index (χ3n) is 5.45. The van der Waals surface area contributed by atoms with Crippen molar-refractivity contribution in [3.05, 3.63) is 40.2 Å². The molecule has 0 spiro atoms. The fraction of sp³-hybridized carbons (Fsp3) is 0.524. The molecule has 2 aromatic heterocycles. The Kier molecular flexibility index (Phi) is 5.45. The SMILES string of the molecule is CC1CCc2c(sc(NC(=O)CCC3CCCO3)c2C(=O)c2ccco2)C1. The van der Waals surface area contributed by atoms with Crippen LogP contribution in [0.15, 0.2) is 22.8 Å². The molecule has 2 aliphatic rings. The molecule has 5 nitrogen and oxygen atoms in total. The van der Waals surface area contributed by atoms with E-state index in [1.807, 2.05) is 0 Å². The van der Waals surface area contributed by atoms with Crippen LogP contribution in [0.25, 0.3) is 0 Å². The molecule has 1 N–H and O–H groups in total. The Hall–Kier alpha value is -1.92. The minimum absolute atomic E-state index is 0.0503. The Morgan fingerprint density at radius 2 is 2.22 bits per heavy atom. The van der Waals surface area contributed by atoms with Gasteiger partial charge in [-0.1, -0.05) is 6.92 Å². The van der Waals surface area contributed by atoms with Crippen LogP contribution in [0.5, 0.6) is 0 Å². The number of carbonyl (C=O) groups excluding carboxylic acids is 2. The highest BCUT2D eigenvalue weighted by molar-refractivity contribution is 7.17. The second kappa shape index (κ2) is 7.98. The minimum Gasteiger partial charge on any atom is -0.461 e. The maximum absolute atomic E-state index is 13.0. The van der Waals surface area contributed by atoms with Gasteiger partial charge in [0, 0.05) is 17.9 Å². The normalized spacial score (nSPS) is 21.8. The maximum atomic E-state index is 13.0. The van der Waals surface area contributed by atoms with Gasteiger partial charge in [-0.2, -0.15) is 0 Å². The smallest absolute Gasteiger partial charge is 0.231 e. The monoisotopic (exact) mass is 387 g/mol. The molecule has 3 heterocycles. The quantitative estimate of drug-likeness (QED) is 0.736. The molecule has 0 saturated carbocycles. The number of fused-ring (bicyclic) bond motifs is 1. The molecule has 1 aliphatic carbocycles. The summed E-state index contributed by atoms with van der Waals surface area (Å²) in [4.78, 5) is 26.8. The molecule has 2 aromatic rings. The first-order valence-corrected chi connectivity index (χ1v) is 10.6.